The molecule has 8 rings (SSSR count). The van der Waals surface area contributed by atoms with Crippen molar-refractivity contribution in [1.29, 1.82) is 5.26 Å². The van der Waals surface area contributed by atoms with Gasteiger partial charge in [-0.3, -0.25) is 9.59 Å². The summed E-state index contributed by atoms with van der Waals surface area (Å²) in [4.78, 5) is 30.7. The highest BCUT2D eigenvalue weighted by molar-refractivity contribution is 6.40. The molecule has 0 saturated heterocycles. The van der Waals surface area contributed by atoms with E-state index in [1.807, 2.05) is 36.4 Å². The molecular weight excluding hydrogens is 444 g/mol. The smallest absolute Gasteiger partial charge is 0.194 e. The Kier molecular flexibility index (Phi) is 3.29. The van der Waals surface area contributed by atoms with Crippen LogP contribution in [0.2, 0.25) is 0 Å². The van der Waals surface area contributed by atoms with E-state index in [9.17, 15) is 14.9 Å². The molecule has 4 heteroatoms. The monoisotopic (exact) mass is 456 g/mol. The van der Waals surface area contributed by atoms with E-state index < -0.39 is 0 Å². The molecule has 0 aliphatic heterocycles. The van der Waals surface area contributed by atoms with Crippen LogP contribution in [0.5, 0.6) is 0 Å². The number of hydrogen-bond donors (Lipinski definition) is 0. The summed E-state index contributed by atoms with van der Waals surface area (Å²) in [6, 6.07) is 24.6. The molecule has 0 aliphatic carbocycles. The summed E-state index contributed by atoms with van der Waals surface area (Å²) < 4.78 is 0. The molecule has 0 fully saturated rings. The Hall–Kier alpha value is -5.32. The third kappa shape index (κ3) is 2.08. The first-order valence-electron chi connectivity index (χ1n) is 11.5. The highest BCUT2D eigenvalue weighted by atomic mass is 16.1. The number of hydrogen-bond acceptors (Lipinski definition) is 3. The average Bonchev–Trinajstić information content (AvgIpc) is 2.93. The molecule has 0 N–H and O–H groups in total. The highest BCUT2D eigenvalue weighted by Gasteiger charge is 2.21. The fraction of sp³-hybridized carbons (Fsp3) is 0. The standard InChI is InChI=1S/C32H12N2O2/c1-34-18-5-9-20-24-12-17-3-7-21-29-23(19-6-2-15(14-33)10-25(19)31(21)35)11-16-4-8-22(32(36)26(20)13-18)30(24)28(16)27(17)29/h2-13H. The second-order valence-corrected chi connectivity index (χ2v) is 9.39. The van der Waals surface area contributed by atoms with Crippen LogP contribution in [0.3, 0.4) is 0 Å². The van der Waals surface area contributed by atoms with Crippen molar-refractivity contribution in [3.8, 4) is 6.07 Å². The number of nitriles is 1. The molecule has 0 aliphatic rings. The average molecular weight is 456 g/mol. The van der Waals surface area contributed by atoms with Crippen molar-refractivity contribution in [2.45, 2.75) is 0 Å². The summed E-state index contributed by atoms with van der Waals surface area (Å²) >= 11 is 0. The van der Waals surface area contributed by atoms with Gasteiger partial charge >= 0.3 is 0 Å². The summed E-state index contributed by atoms with van der Waals surface area (Å²) in [6.07, 6.45) is 0. The van der Waals surface area contributed by atoms with E-state index in [1.54, 1.807) is 24.3 Å². The largest absolute Gasteiger partial charge is 0.289 e. The van der Waals surface area contributed by atoms with Crippen molar-refractivity contribution >= 4 is 81.1 Å². The van der Waals surface area contributed by atoms with Crippen molar-refractivity contribution < 1.29 is 0 Å². The van der Waals surface area contributed by atoms with Gasteiger partial charge in [-0.15, -0.1) is 0 Å². The molecule has 0 unspecified atom stereocenters. The second kappa shape index (κ2) is 6.21. The number of fused-ring (bicyclic) bond motifs is 4. The molecule has 0 saturated carbocycles. The first-order chi connectivity index (χ1) is 17.6. The maximum atomic E-state index is 13.6. The molecule has 0 spiro atoms. The minimum absolute atomic E-state index is 0.0843. The predicted octanol–water partition coefficient (Wildman–Crippen LogP) is 7.22. The summed E-state index contributed by atoms with van der Waals surface area (Å²) in [6.45, 7) is 7.37. The van der Waals surface area contributed by atoms with Crippen LogP contribution in [0.1, 0.15) is 5.56 Å². The topological polar surface area (TPSA) is 62.3 Å². The summed E-state index contributed by atoms with van der Waals surface area (Å²) in [5.41, 5.74) is 0.728. The van der Waals surface area contributed by atoms with Crippen LogP contribution in [0.25, 0.3) is 80.3 Å². The SMILES string of the molecule is [C-]#[N+]c1ccc2c(c1)c(=O)c1ccc3cc4c5ccc(C#N)cc5c(=O)c5ccc6cc2c1c3c6c54. The lowest BCUT2D eigenvalue weighted by atomic mass is 9.84. The van der Waals surface area contributed by atoms with Gasteiger partial charge in [0.05, 0.1) is 18.2 Å². The zero-order valence-corrected chi connectivity index (χ0v) is 18.6. The Morgan fingerprint density at radius 2 is 1.08 bits per heavy atom. The lowest BCUT2D eigenvalue weighted by Gasteiger charge is -2.18. The lowest BCUT2D eigenvalue weighted by Crippen LogP contribution is -2.06. The molecule has 0 aromatic heterocycles. The van der Waals surface area contributed by atoms with Gasteiger partial charge in [-0.1, -0.05) is 30.3 Å². The Labute approximate surface area is 202 Å². The molecule has 8 aromatic rings. The van der Waals surface area contributed by atoms with Gasteiger partial charge in [0.25, 0.3) is 0 Å². The maximum Gasteiger partial charge on any atom is 0.194 e. The van der Waals surface area contributed by atoms with E-state index in [1.165, 1.54) is 0 Å². The highest BCUT2D eigenvalue weighted by Crippen LogP contribution is 2.45. The Morgan fingerprint density at radius 1 is 0.556 bits per heavy atom. The lowest BCUT2D eigenvalue weighted by molar-refractivity contribution is 1.50. The Bertz CT molecular complexity index is 2300. The van der Waals surface area contributed by atoms with Crippen molar-refractivity contribution in [3.05, 3.63) is 110 Å². The van der Waals surface area contributed by atoms with E-state index in [-0.39, 0.29) is 10.9 Å². The third-order valence-corrected chi connectivity index (χ3v) is 7.70. The molecule has 0 atom stereocenters. The molecule has 0 amide bonds. The molecule has 0 heterocycles. The minimum atomic E-state index is -0.0897. The molecule has 36 heavy (non-hydrogen) atoms. The fourth-order valence-electron chi connectivity index (χ4n) is 6.19. The number of nitrogens with zero attached hydrogens (tertiary/aromatic N) is 2. The summed E-state index contributed by atoms with van der Waals surface area (Å²) in [5.74, 6) is 0. The van der Waals surface area contributed by atoms with Crippen molar-refractivity contribution in [1.82, 2.24) is 0 Å². The second-order valence-electron chi connectivity index (χ2n) is 9.39. The van der Waals surface area contributed by atoms with Gasteiger partial charge in [-0.25, -0.2) is 4.85 Å². The van der Waals surface area contributed by atoms with Gasteiger partial charge in [0.1, 0.15) is 0 Å². The molecule has 0 bridgehead atoms. The third-order valence-electron chi connectivity index (χ3n) is 7.70. The van der Waals surface area contributed by atoms with Crippen LogP contribution in [0.4, 0.5) is 5.69 Å². The van der Waals surface area contributed by atoms with Gasteiger partial charge in [0, 0.05) is 32.3 Å². The van der Waals surface area contributed by atoms with E-state index >= 15 is 0 Å². The zero-order valence-electron chi connectivity index (χ0n) is 18.6. The van der Waals surface area contributed by atoms with Crippen LogP contribution in [-0.2, 0) is 0 Å². The molecule has 8 aromatic carbocycles. The van der Waals surface area contributed by atoms with Gasteiger partial charge < -0.3 is 0 Å². The van der Waals surface area contributed by atoms with Gasteiger partial charge in [-0.2, -0.15) is 5.26 Å². The van der Waals surface area contributed by atoms with E-state index in [2.05, 4.69) is 23.0 Å². The quantitative estimate of drug-likeness (QED) is 0.138. The van der Waals surface area contributed by atoms with Gasteiger partial charge in [0.15, 0.2) is 16.5 Å². The van der Waals surface area contributed by atoms with Crippen LogP contribution < -0.4 is 10.9 Å². The Balaban J connectivity index is 1.71. The molecular formula is C32H12N2O2. The zero-order chi connectivity index (χ0) is 24.3. The summed E-state index contributed by atoms with van der Waals surface area (Å²) in [7, 11) is 0. The van der Waals surface area contributed by atoms with Gasteiger partial charge in [-0.05, 0) is 85.6 Å². The number of rotatable bonds is 0. The number of benzene rings is 8. The summed E-state index contributed by atoms with van der Waals surface area (Å²) in [5, 5.41) is 21.1. The van der Waals surface area contributed by atoms with Gasteiger partial charge in [0.2, 0.25) is 0 Å². The predicted molar refractivity (Wildman–Crippen MR) is 146 cm³/mol. The molecule has 4 nitrogen and oxygen atoms in total. The van der Waals surface area contributed by atoms with Crippen LogP contribution in [0.15, 0.2) is 82.4 Å². The van der Waals surface area contributed by atoms with Crippen LogP contribution >= 0.6 is 0 Å². The Morgan fingerprint density at radius 3 is 1.64 bits per heavy atom. The van der Waals surface area contributed by atoms with E-state index in [0.29, 0.717) is 32.8 Å². The van der Waals surface area contributed by atoms with Crippen LogP contribution in [-0.4, -0.2) is 0 Å². The maximum absolute atomic E-state index is 13.6. The van der Waals surface area contributed by atoms with E-state index in [4.69, 9.17) is 6.57 Å². The fourth-order valence-corrected chi connectivity index (χ4v) is 6.19. The first-order valence-corrected chi connectivity index (χ1v) is 11.5. The minimum Gasteiger partial charge on any atom is -0.289 e. The van der Waals surface area contributed by atoms with Crippen molar-refractivity contribution in [3.63, 3.8) is 0 Å². The van der Waals surface area contributed by atoms with Crippen molar-refractivity contribution in [2.24, 2.45) is 0 Å². The normalized spacial score (nSPS) is 12.1. The van der Waals surface area contributed by atoms with Crippen LogP contribution in [0, 0.1) is 17.9 Å². The first kappa shape index (κ1) is 19.0. The molecule has 162 valence electrons. The molecule has 0 radical (unpaired) electrons. The van der Waals surface area contributed by atoms with E-state index in [0.717, 1.165) is 53.9 Å². The van der Waals surface area contributed by atoms with Crippen molar-refractivity contribution in [2.75, 3.05) is 0 Å².